The molecular weight excluding hydrogens is 570 g/mol. The van der Waals surface area contributed by atoms with Crippen molar-refractivity contribution in [2.24, 2.45) is 0 Å². The second kappa shape index (κ2) is 14.7. The minimum absolute atomic E-state index is 0.0766. The third-order valence-electron chi connectivity index (χ3n) is 4.75. The summed E-state index contributed by atoms with van der Waals surface area (Å²) in [6, 6.07) is 13.4. The van der Waals surface area contributed by atoms with Crippen molar-refractivity contribution in [1.82, 2.24) is 19.1 Å². The first-order valence-corrected chi connectivity index (χ1v) is 12.4. The normalized spacial score (nSPS) is 9.97. The Balaban J connectivity index is 0.000000200. The first kappa shape index (κ1) is 29.5. The summed E-state index contributed by atoms with van der Waals surface area (Å²) in [5.41, 5.74) is 1.54. The number of nitrogens with zero attached hydrogens (tertiary/aromatic N) is 4. The van der Waals surface area contributed by atoms with Gasteiger partial charge in [-0.15, -0.1) is 0 Å². The second-order valence-corrected chi connectivity index (χ2v) is 8.73. The maximum Gasteiger partial charge on any atom is 0.488 e. The van der Waals surface area contributed by atoms with Gasteiger partial charge in [-0.2, -0.15) is 0 Å². The molecule has 0 aliphatic carbocycles. The van der Waals surface area contributed by atoms with E-state index in [-0.39, 0.29) is 11.1 Å². The van der Waals surface area contributed by atoms with Gasteiger partial charge in [0, 0.05) is 53.5 Å². The summed E-state index contributed by atoms with van der Waals surface area (Å²) in [6.07, 6.45) is 6.57. The molecule has 2 N–H and O–H groups in total. The van der Waals surface area contributed by atoms with Crippen molar-refractivity contribution in [3.8, 4) is 11.3 Å². The molecule has 36 heavy (non-hydrogen) atoms. The lowest BCUT2D eigenvalue weighted by Gasteiger charge is -2.04. The molecule has 2 aromatic carbocycles. The largest absolute Gasteiger partial charge is 0.488 e. The maximum absolute atomic E-state index is 12.0. The molecule has 2 heterocycles. The van der Waals surface area contributed by atoms with Gasteiger partial charge in [0.05, 0.1) is 0 Å². The fourth-order valence-corrected chi connectivity index (χ4v) is 3.40. The molecule has 0 aliphatic rings. The quantitative estimate of drug-likeness (QED) is 0.350. The van der Waals surface area contributed by atoms with Crippen LogP contribution in [0.1, 0.15) is 13.8 Å². The van der Waals surface area contributed by atoms with Crippen molar-refractivity contribution in [3.63, 3.8) is 0 Å². The summed E-state index contributed by atoms with van der Waals surface area (Å²) in [7, 11) is -1.41. The van der Waals surface area contributed by atoms with Crippen molar-refractivity contribution < 1.29 is 10.0 Å². The first-order chi connectivity index (χ1) is 17.2. The van der Waals surface area contributed by atoms with Crippen molar-refractivity contribution in [3.05, 3.63) is 109 Å². The van der Waals surface area contributed by atoms with E-state index in [1.807, 2.05) is 13.8 Å². The van der Waals surface area contributed by atoms with Gasteiger partial charge in [0.1, 0.15) is 5.69 Å². The second-order valence-electron chi connectivity index (χ2n) is 7.11. The average Bonchev–Trinajstić information content (AvgIpc) is 2.87. The van der Waals surface area contributed by atoms with Crippen molar-refractivity contribution in [2.45, 2.75) is 26.9 Å². The molecule has 0 amide bonds. The molecule has 188 valence electrons. The van der Waals surface area contributed by atoms with E-state index in [2.05, 4.69) is 25.9 Å². The average molecular weight is 594 g/mol. The smallest absolute Gasteiger partial charge is 0.423 e. The van der Waals surface area contributed by atoms with E-state index in [0.29, 0.717) is 38.9 Å². The number of rotatable bonds is 4. The number of halogens is 3. The molecule has 4 aromatic rings. The minimum atomic E-state index is -1.41. The summed E-state index contributed by atoms with van der Waals surface area (Å²) in [6.45, 7) is 5.16. The lowest BCUT2D eigenvalue weighted by Crippen LogP contribution is -2.29. The van der Waals surface area contributed by atoms with Crippen molar-refractivity contribution in [1.29, 1.82) is 0 Å². The van der Waals surface area contributed by atoms with Gasteiger partial charge in [0.25, 0.3) is 11.1 Å². The summed E-state index contributed by atoms with van der Waals surface area (Å²) in [5.74, 6) is 0. The number of benzene rings is 2. The predicted molar refractivity (Wildman–Crippen MR) is 148 cm³/mol. The lowest BCUT2D eigenvalue weighted by atomic mass is 9.81. The van der Waals surface area contributed by atoms with Gasteiger partial charge in [-0.05, 0) is 59.5 Å². The Kier molecular flexibility index (Phi) is 12.1. The van der Waals surface area contributed by atoms with E-state index in [0.717, 1.165) is 5.56 Å². The van der Waals surface area contributed by atoms with Crippen LogP contribution in [-0.2, 0) is 13.1 Å². The lowest BCUT2D eigenvalue weighted by molar-refractivity contribution is 0.426. The number of hydrogen-bond acceptors (Lipinski definition) is 6. The SMILES string of the molecule is CCn1ccnc(-c2ccc(Cl)cc2)c1=O.CCn1ccnc(Br)c1=O.OB(O)c1ccc(Cl)cc1. The van der Waals surface area contributed by atoms with Crippen LogP contribution in [0.25, 0.3) is 11.3 Å². The molecular formula is C24H24BBrCl2N4O4. The van der Waals surface area contributed by atoms with Crippen molar-refractivity contribution in [2.75, 3.05) is 0 Å². The third-order valence-corrected chi connectivity index (χ3v) is 5.80. The number of aromatic nitrogens is 4. The van der Waals surface area contributed by atoms with E-state index in [1.54, 1.807) is 82.5 Å². The maximum atomic E-state index is 12.0. The molecule has 0 radical (unpaired) electrons. The predicted octanol–water partition coefficient (Wildman–Crippen LogP) is 3.63. The molecule has 0 fully saturated rings. The van der Waals surface area contributed by atoms with E-state index in [4.69, 9.17) is 33.2 Å². The highest BCUT2D eigenvalue weighted by Gasteiger charge is 2.09. The van der Waals surface area contributed by atoms with Gasteiger partial charge < -0.3 is 19.2 Å². The monoisotopic (exact) mass is 592 g/mol. The fraction of sp³-hybridized carbons (Fsp3) is 0.167. The standard InChI is InChI=1S/C12H11ClN2O.C6H6BClO2.C6H7BrN2O/c1-2-15-8-7-14-11(12(15)16)9-3-5-10(13)6-4-9;8-6-3-1-5(2-4-6)7(9)10;1-2-9-4-3-8-5(7)6(9)10/h3-8H,2H2,1H3;1-4,9-10H;3-4H,2H2,1H3. The zero-order valence-corrected chi connectivity index (χ0v) is 22.7. The summed E-state index contributed by atoms with van der Waals surface area (Å²) in [5, 5.41) is 18.5. The van der Waals surface area contributed by atoms with Gasteiger partial charge in [-0.1, -0.05) is 47.5 Å². The summed E-state index contributed by atoms with van der Waals surface area (Å²) in [4.78, 5) is 30.9. The van der Waals surface area contributed by atoms with Gasteiger partial charge in [0.2, 0.25) is 0 Å². The molecule has 0 aliphatic heterocycles. The van der Waals surface area contributed by atoms with Gasteiger partial charge >= 0.3 is 7.12 Å². The highest BCUT2D eigenvalue weighted by Crippen LogP contribution is 2.16. The molecule has 2 aromatic heterocycles. The van der Waals surface area contributed by atoms with Crippen LogP contribution < -0.4 is 16.6 Å². The molecule has 4 rings (SSSR count). The van der Waals surface area contributed by atoms with E-state index in [1.165, 1.54) is 0 Å². The van der Waals surface area contributed by atoms with Crippen LogP contribution in [0.5, 0.6) is 0 Å². The van der Waals surface area contributed by atoms with Gasteiger partial charge in [0.15, 0.2) is 4.60 Å². The number of hydrogen-bond donors (Lipinski definition) is 2. The molecule has 8 nitrogen and oxygen atoms in total. The van der Waals surface area contributed by atoms with Gasteiger partial charge in [-0.3, -0.25) is 9.59 Å². The Morgan fingerprint density at radius 1 is 0.806 bits per heavy atom. The van der Waals surface area contributed by atoms with Crippen LogP contribution >= 0.6 is 39.1 Å². The molecule has 0 atom stereocenters. The van der Waals surface area contributed by atoms with Crippen LogP contribution in [0.2, 0.25) is 10.0 Å². The molecule has 12 heteroatoms. The van der Waals surface area contributed by atoms with Gasteiger partial charge in [-0.25, -0.2) is 9.97 Å². The molecule has 0 spiro atoms. The Labute approximate surface area is 227 Å². The Bertz CT molecular complexity index is 1360. The van der Waals surface area contributed by atoms with Crippen LogP contribution in [0.4, 0.5) is 0 Å². The molecule has 0 saturated carbocycles. The molecule has 0 unspecified atom stereocenters. The Morgan fingerprint density at radius 3 is 1.75 bits per heavy atom. The minimum Gasteiger partial charge on any atom is -0.423 e. The zero-order chi connectivity index (χ0) is 26.7. The van der Waals surface area contributed by atoms with Crippen LogP contribution in [-0.4, -0.2) is 36.3 Å². The van der Waals surface area contributed by atoms with Crippen molar-refractivity contribution >= 4 is 51.7 Å². The molecule has 0 saturated heterocycles. The van der Waals surface area contributed by atoms with E-state index >= 15 is 0 Å². The summed E-state index contributed by atoms with van der Waals surface area (Å²) < 4.78 is 3.57. The molecule has 0 bridgehead atoms. The van der Waals surface area contributed by atoms with E-state index in [9.17, 15) is 9.59 Å². The van der Waals surface area contributed by atoms with Crippen LogP contribution in [0, 0.1) is 0 Å². The topological polar surface area (TPSA) is 110 Å². The van der Waals surface area contributed by atoms with E-state index < -0.39 is 7.12 Å². The fourth-order valence-electron chi connectivity index (χ4n) is 2.81. The zero-order valence-electron chi connectivity index (χ0n) is 19.6. The first-order valence-electron chi connectivity index (χ1n) is 10.8. The van der Waals surface area contributed by atoms with Crippen LogP contribution in [0.15, 0.2) is 87.5 Å². The van der Waals surface area contributed by atoms with Crippen LogP contribution in [0.3, 0.4) is 0 Å². The summed E-state index contributed by atoms with van der Waals surface area (Å²) >= 11 is 14.4. The highest BCUT2D eigenvalue weighted by atomic mass is 79.9. The Hall–Kier alpha value is -2.76. The third kappa shape index (κ3) is 8.72. The Morgan fingerprint density at radius 2 is 1.28 bits per heavy atom. The highest BCUT2D eigenvalue weighted by molar-refractivity contribution is 9.10. The number of aryl methyl sites for hydroxylation is 2.